The Hall–Kier alpha value is -2.90. The standard InChI is InChI=1S/C59H103NO10/c1-4-7-10-13-16-19-22-24-25-26-27-29-32-35-38-41-44-47-54(64)70-57-56(66)55(65)53(48-61)69-59(57)68-49-50(51(62)45-42-39-36-33-30-21-18-15-12-9-6-3)60-58(67)52(63)46-43-40-37-34-31-28-23-20-17-14-11-8-5-2/h7,10,16,19,24-25,27,29,35,38,42,45,50-53,55-57,59,61-63,65-66H,4-6,8-9,11-15,17-18,20-23,26,28,30-34,36-37,39-41,43-44,46-49H2,1-3H3,(H,60,67)/b10-7-,19-16-,25-24-,29-27-,38-35-,45-42+. The lowest BCUT2D eigenvalue weighted by Crippen LogP contribution is -2.61. The SMILES string of the molecule is CC/C=C\C/C=C\C/C=C\C/C=C\C/C=C\CCCC(=O)OC1C(OCC(NC(=O)C(O)CCCCCCCCCCCCCCC)C(O)/C=C/CCCCCCCCCCC)OC(CO)C(O)C1O. The lowest BCUT2D eigenvalue weighted by molar-refractivity contribution is -0.305. The third-order valence-corrected chi connectivity index (χ3v) is 12.9. The monoisotopic (exact) mass is 986 g/mol. The van der Waals surface area contributed by atoms with Gasteiger partial charge in [0.25, 0.3) is 0 Å². The summed E-state index contributed by atoms with van der Waals surface area (Å²) < 4.78 is 17.5. The van der Waals surface area contributed by atoms with Crippen molar-refractivity contribution in [1.29, 1.82) is 0 Å². The van der Waals surface area contributed by atoms with Gasteiger partial charge in [0.1, 0.15) is 24.4 Å². The average molecular weight is 986 g/mol. The summed E-state index contributed by atoms with van der Waals surface area (Å²) >= 11 is 0. The van der Waals surface area contributed by atoms with Gasteiger partial charge in [-0.3, -0.25) is 9.59 Å². The third kappa shape index (κ3) is 35.3. The number of hydrogen-bond donors (Lipinski definition) is 6. The van der Waals surface area contributed by atoms with E-state index in [0.717, 1.165) is 70.6 Å². The summed E-state index contributed by atoms with van der Waals surface area (Å²) in [6, 6.07) is -1.03. The van der Waals surface area contributed by atoms with Crippen LogP contribution in [0.2, 0.25) is 0 Å². The molecule has 1 aliphatic heterocycles. The molecule has 6 N–H and O–H groups in total. The molecule has 1 heterocycles. The van der Waals surface area contributed by atoms with E-state index < -0.39 is 67.4 Å². The number of amides is 1. The summed E-state index contributed by atoms with van der Waals surface area (Å²) in [5.74, 6) is -1.26. The molecule has 1 rings (SSSR count). The van der Waals surface area contributed by atoms with Crippen molar-refractivity contribution in [3.8, 4) is 0 Å². The normalized spacial score (nSPS) is 20.3. The van der Waals surface area contributed by atoms with Gasteiger partial charge in [0.05, 0.1) is 25.4 Å². The zero-order chi connectivity index (χ0) is 51.1. The number of ether oxygens (including phenoxy) is 3. The molecule has 1 amide bonds. The van der Waals surface area contributed by atoms with Crippen molar-refractivity contribution >= 4 is 11.9 Å². The molecule has 8 unspecified atom stereocenters. The number of aliphatic hydroxyl groups is 5. The molecule has 0 spiro atoms. The zero-order valence-corrected chi connectivity index (χ0v) is 44.4. The van der Waals surface area contributed by atoms with Crippen LogP contribution in [0.15, 0.2) is 72.9 Å². The number of unbranched alkanes of at least 4 members (excludes halogenated alkanes) is 22. The lowest BCUT2D eigenvalue weighted by Gasteiger charge is -2.41. The minimum atomic E-state index is -1.64. The maximum absolute atomic E-state index is 13.3. The van der Waals surface area contributed by atoms with Crippen LogP contribution in [0.3, 0.4) is 0 Å². The van der Waals surface area contributed by atoms with Gasteiger partial charge in [-0.2, -0.15) is 0 Å². The molecule has 0 aliphatic carbocycles. The minimum absolute atomic E-state index is 0.0437. The maximum Gasteiger partial charge on any atom is 0.306 e. The van der Waals surface area contributed by atoms with Gasteiger partial charge in [0.2, 0.25) is 5.91 Å². The minimum Gasteiger partial charge on any atom is -0.454 e. The van der Waals surface area contributed by atoms with Gasteiger partial charge < -0.3 is 45.1 Å². The van der Waals surface area contributed by atoms with E-state index >= 15 is 0 Å². The van der Waals surface area contributed by atoms with Gasteiger partial charge in [-0.15, -0.1) is 0 Å². The Kier molecular flexibility index (Phi) is 43.8. The lowest BCUT2D eigenvalue weighted by atomic mass is 9.99. The van der Waals surface area contributed by atoms with E-state index in [9.17, 15) is 35.1 Å². The Morgan fingerprint density at radius 1 is 0.571 bits per heavy atom. The zero-order valence-electron chi connectivity index (χ0n) is 44.4. The molecule has 11 heteroatoms. The highest BCUT2D eigenvalue weighted by atomic mass is 16.7. The number of allylic oxidation sites excluding steroid dienone is 11. The van der Waals surface area contributed by atoms with Gasteiger partial charge in [-0.05, 0) is 64.2 Å². The molecule has 70 heavy (non-hydrogen) atoms. The number of carbonyl (C=O) groups is 2. The van der Waals surface area contributed by atoms with Crippen LogP contribution < -0.4 is 5.32 Å². The smallest absolute Gasteiger partial charge is 0.306 e. The summed E-state index contributed by atoms with van der Waals surface area (Å²) in [6.45, 7) is 5.62. The number of hydrogen-bond acceptors (Lipinski definition) is 10. The second kappa shape index (κ2) is 47.1. The first-order chi connectivity index (χ1) is 34.2. The maximum atomic E-state index is 13.3. The van der Waals surface area contributed by atoms with E-state index in [1.54, 1.807) is 6.08 Å². The van der Waals surface area contributed by atoms with Crippen LogP contribution >= 0.6 is 0 Å². The molecule has 0 aromatic rings. The molecule has 0 bridgehead atoms. The Balaban J connectivity index is 2.77. The second-order valence-electron chi connectivity index (χ2n) is 19.3. The molecular formula is C59H103NO10. The highest BCUT2D eigenvalue weighted by Crippen LogP contribution is 2.26. The number of carbonyl (C=O) groups excluding carboxylic acids is 2. The summed E-state index contributed by atoms with van der Waals surface area (Å²) in [5, 5.41) is 56.7. The number of nitrogens with one attached hydrogen (secondary N) is 1. The molecule has 11 nitrogen and oxygen atoms in total. The topological polar surface area (TPSA) is 175 Å². The van der Waals surface area contributed by atoms with Crippen molar-refractivity contribution in [2.75, 3.05) is 13.2 Å². The van der Waals surface area contributed by atoms with Crippen molar-refractivity contribution < 1.29 is 49.3 Å². The van der Waals surface area contributed by atoms with E-state index in [4.69, 9.17) is 14.2 Å². The molecule has 0 radical (unpaired) electrons. The molecule has 0 saturated carbocycles. The molecule has 8 atom stereocenters. The Labute approximate surface area is 426 Å². The highest BCUT2D eigenvalue weighted by Gasteiger charge is 2.47. The van der Waals surface area contributed by atoms with E-state index in [-0.39, 0.29) is 19.4 Å². The van der Waals surface area contributed by atoms with Crippen LogP contribution in [-0.4, -0.2) is 99.6 Å². The van der Waals surface area contributed by atoms with Crippen molar-refractivity contribution in [3.05, 3.63) is 72.9 Å². The first kappa shape index (κ1) is 65.1. The predicted octanol–water partition coefficient (Wildman–Crippen LogP) is 12.4. The Morgan fingerprint density at radius 3 is 1.53 bits per heavy atom. The van der Waals surface area contributed by atoms with Gasteiger partial charge in [-0.1, -0.05) is 229 Å². The van der Waals surface area contributed by atoms with Gasteiger partial charge in [0.15, 0.2) is 12.4 Å². The second-order valence-corrected chi connectivity index (χ2v) is 19.3. The average Bonchev–Trinajstić information content (AvgIpc) is 3.36. The quantitative estimate of drug-likeness (QED) is 0.0196. The molecule has 0 aromatic carbocycles. The van der Waals surface area contributed by atoms with Crippen LogP contribution in [0.5, 0.6) is 0 Å². The fraction of sp³-hybridized carbons (Fsp3) is 0.763. The van der Waals surface area contributed by atoms with E-state index in [1.807, 2.05) is 18.2 Å². The summed E-state index contributed by atoms with van der Waals surface area (Å²) in [4.78, 5) is 26.4. The molecule has 404 valence electrons. The van der Waals surface area contributed by atoms with E-state index in [0.29, 0.717) is 19.3 Å². The van der Waals surface area contributed by atoms with Gasteiger partial charge >= 0.3 is 5.97 Å². The van der Waals surface area contributed by atoms with Gasteiger partial charge in [0, 0.05) is 6.42 Å². The predicted molar refractivity (Wildman–Crippen MR) is 287 cm³/mol. The molecular weight excluding hydrogens is 883 g/mol. The number of esters is 1. The third-order valence-electron chi connectivity index (χ3n) is 12.9. The van der Waals surface area contributed by atoms with E-state index in [2.05, 4.69) is 74.7 Å². The summed E-state index contributed by atoms with van der Waals surface area (Å²) in [5.41, 5.74) is 0. The highest BCUT2D eigenvalue weighted by molar-refractivity contribution is 5.80. The first-order valence-corrected chi connectivity index (χ1v) is 28.2. The summed E-state index contributed by atoms with van der Waals surface area (Å²) in [7, 11) is 0. The van der Waals surface area contributed by atoms with Gasteiger partial charge in [-0.25, -0.2) is 0 Å². The van der Waals surface area contributed by atoms with Crippen molar-refractivity contribution in [2.45, 2.75) is 275 Å². The molecule has 1 aliphatic rings. The fourth-order valence-corrected chi connectivity index (χ4v) is 8.39. The Bertz CT molecular complexity index is 1410. The van der Waals surface area contributed by atoms with Crippen LogP contribution in [0.25, 0.3) is 0 Å². The summed E-state index contributed by atoms with van der Waals surface area (Å²) in [6.07, 6.45) is 48.1. The van der Waals surface area contributed by atoms with Crippen LogP contribution in [0.4, 0.5) is 0 Å². The number of aliphatic hydroxyl groups excluding tert-OH is 5. The van der Waals surface area contributed by atoms with Crippen LogP contribution in [-0.2, 0) is 23.8 Å². The van der Waals surface area contributed by atoms with Crippen molar-refractivity contribution in [2.24, 2.45) is 0 Å². The fourth-order valence-electron chi connectivity index (χ4n) is 8.39. The van der Waals surface area contributed by atoms with Crippen molar-refractivity contribution in [1.82, 2.24) is 5.32 Å². The van der Waals surface area contributed by atoms with Crippen LogP contribution in [0.1, 0.15) is 226 Å². The first-order valence-electron chi connectivity index (χ1n) is 28.2. The van der Waals surface area contributed by atoms with E-state index in [1.165, 1.54) is 103 Å². The molecule has 1 fully saturated rings. The van der Waals surface area contributed by atoms with Crippen molar-refractivity contribution in [3.63, 3.8) is 0 Å². The molecule has 0 aromatic heterocycles. The molecule has 1 saturated heterocycles. The largest absolute Gasteiger partial charge is 0.454 e. The Morgan fingerprint density at radius 2 is 1.03 bits per heavy atom. The number of rotatable bonds is 46. The van der Waals surface area contributed by atoms with Crippen LogP contribution in [0, 0.1) is 0 Å².